The van der Waals surface area contributed by atoms with E-state index in [1.54, 1.807) is 0 Å². The van der Waals surface area contributed by atoms with Crippen molar-refractivity contribution in [3.63, 3.8) is 0 Å². The summed E-state index contributed by atoms with van der Waals surface area (Å²) in [5, 5.41) is 15.2. The molecule has 1 aliphatic heterocycles. The van der Waals surface area contributed by atoms with Gasteiger partial charge >= 0.3 is 5.97 Å². The van der Waals surface area contributed by atoms with E-state index in [0.29, 0.717) is 6.42 Å². The Hall–Kier alpha value is -1.10. The molecule has 0 bridgehead atoms. The molecule has 5 nitrogen and oxygen atoms in total. The van der Waals surface area contributed by atoms with Gasteiger partial charge in [-0.3, -0.25) is 4.79 Å². The van der Waals surface area contributed by atoms with Crippen LogP contribution >= 0.6 is 0 Å². The number of rotatable bonds is 5. The molecule has 2 fully saturated rings. The molecule has 108 valence electrons. The third-order valence-electron chi connectivity index (χ3n) is 4.43. The maximum Gasteiger partial charge on any atom is 0.326 e. The van der Waals surface area contributed by atoms with Gasteiger partial charge in [-0.25, -0.2) is 4.79 Å². The number of hydrogen-bond acceptors (Lipinski definition) is 3. The first-order valence-corrected chi connectivity index (χ1v) is 7.18. The Morgan fingerprint density at radius 2 is 2.00 bits per heavy atom. The van der Waals surface area contributed by atoms with Gasteiger partial charge in [0.15, 0.2) is 0 Å². The van der Waals surface area contributed by atoms with E-state index in [9.17, 15) is 9.59 Å². The third-order valence-corrected chi connectivity index (χ3v) is 4.43. The first kappa shape index (κ1) is 14.3. The van der Waals surface area contributed by atoms with Crippen molar-refractivity contribution >= 4 is 11.9 Å². The van der Waals surface area contributed by atoms with Crippen LogP contribution in [0, 0.1) is 17.3 Å². The molecule has 2 unspecified atom stereocenters. The van der Waals surface area contributed by atoms with Gasteiger partial charge in [0.25, 0.3) is 0 Å². The van der Waals surface area contributed by atoms with E-state index >= 15 is 0 Å². The number of amides is 1. The second-order valence-corrected chi connectivity index (χ2v) is 6.40. The van der Waals surface area contributed by atoms with Crippen molar-refractivity contribution in [2.45, 2.75) is 45.6 Å². The summed E-state index contributed by atoms with van der Waals surface area (Å²) < 4.78 is 0. The van der Waals surface area contributed by atoms with E-state index in [4.69, 9.17) is 5.11 Å². The van der Waals surface area contributed by atoms with E-state index in [0.717, 1.165) is 32.4 Å². The molecule has 0 aromatic rings. The van der Waals surface area contributed by atoms with Gasteiger partial charge in [0.1, 0.15) is 6.04 Å². The minimum absolute atomic E-state index is 0.0311. The van der Waals surface area contributed by atoms with Crippen molar-refractivity contribution in [2.24, 2.45) is 17.3 Å². The summed E-state index contributed by atoms with van der Waals surface area (Å²) in [6.45, 7) is 5.87. The first-order valence-electron chi connectivity index (χ1n) is 7.18. The summed E-state index contributed by atoms with van der Waals surface area (Å²) in [4.78, 5) is 23.3. The van der Waals surface area contributed by atoms with Crippen LogP contribution in [0.3, 0.4) is 0 Å². The smallest absolute Gasteiger partial charge is 0.326 e. The van der Waals surface area contributed by atoms with E-state index < -0.39 is 12.0 Å². The second-order valence-electron chi connectivity index (χ2n) is 6.40. The Labute approximate surface area is 114 Å². The minimum Gasteiger partial charge on any atom is -0.480 e. The molecule has 3 N–H and O–H groups in total. The van der Waals surface area contributed by atoms with Crippen molar-refractivity contribution in [3.05, 3.63) is 0 Å². The molecule has 1 saturated heterocycles. The standard InChI is InChI=1S/C14H24N2O3/c1-9(2)7-11(13(18)19)16-12(17)10-8-14(10)3-5-15-6-4-14/h9-11,15H,3-8H2,1-2H3,(H,16,17)(H,18,19). The van der Waals surface area contributed by atoms with E-state index in [1.807, 2.05) is 13.8 Å². The molecule has 1 spiro atoms. The molecule has 19 heavy (non-hydrogen) atoms. The number of carboxylic acids is 1. The molecule has 1 amide bonds. The lowest BCUT2D eigenvalue weighted by molar-refractivity contribution is -0.142. The predicted octanol–water partition coefficient (Wildman–Crippen LogP) is 0.992. The van der Waals surface area contributed by atoms with Crippen molar-refractivity contribution in [3.8, 4) is 0 Å². The fraction of sp³-hybridized carbons (Fsp3) is 0.857. The summed E-state index contributed by atoms with van der Waals surface area (Å²) in [5.74, 6) is -0.700. The topological polar surface area (TPSA) is 78.4 Å². The van der Waals surface area contributed by atoms with E-state index in [1.165, 1.54) is 0 Å². The van der Waals surface area contributed by atoms with Gasteiger partial charge in [0.2, 0.25) is 5.91 Å². The highest BCUT2D eigenvalue weighted by atomic mass is 16.4. The summed E-state index contributed by atoms with van der Waals surface area (Å²) >= 11 is 0. The Balaban J connectivity index is 1.88. The number of carbonyl (C=O) groups is 2. The van der Waals surface area contributed by atoms with Crippen LogP contribution in [-0.2, 0) is 9.59 Å². The molecule has 0 radical (unpaired) electrons. The molecule has 5 heteroatoms. The van der Waals surface area contributed by atoms with Crippen molar-refractivity contribution in [2.75, 3.05) is 13.1 Å². The predicted molar refractivity (Wildman–Crippen MR) is 71.7 cm³/mol. The fourth-order valence-corrected chi connectivity index (χ4v) is 3.16. The number of aliphatic carboxylic acids is 1. The lowest BCUT2D eigenvalue weighted by Crippen LogP contribution is -2.43. The van der Waals surface area contributed by atoms with Gasteiger partial charge in [-0.1, -0.05) is 13.8 Å². The molecule has 0 aromatic carbocycles. The van der Waals surface area contributed by atoms with Gasteiger partial charge in [-0.05, 0) is 50.1 Å². The maximum absolute atomic E-state index is 12.2. The molecule has 1 aliphatic carbocycles. The summed E-state index contributed by atoms with van der Waals surface area (Å²) in [5.41, 5.74) is 0.163. The van der Waals surface area contributed by atoms with Crippen LogP contribution in [0.4, 0.5) is 0 Å². The van der Waals surface area contributed by atoms with Gasteiger partial charge in [0.05, 0.1) is 0 Å². The molecule has 2 atom stereocenters. The van der Waals surface area contributed by atoms with Gasteiger partial charge in [0, 0.05) is 5.92 Å². The van der Waals surface area contributed by atoms with Crippen LogP contribution < -0.4 is 10.6 Å². The van der Waals surface area contributed by atoms with Crippen LogP contribution in [0.15, 0.2) is 0 Å². The van der Waals surface area contributed by atoms with E-state index in [-0.39, 0.29) is 23.2 Å². The molecule has 0 aromatic heterocycles. The lowest BCUT2D eigenvalue weighted by Gasteiger charge is -2.24. The zero-order valence-electron chi connectivity index (χ0n) is 11.7. The minimum atomic E-state index is -0.929. The van der Waals surface area contributed by atoms with Crippen molar-refractivity contribution < 1.29 is 14.7 Å². The fourth-order valence-electron chi connectivity index (χ4n) is 3.16. The first-order chi connectivity index (χ1) is 8.94. The molecule has 1 heterocycles. The van der Waals surface area contributed by atoms with Crippen molar-refractivity contribution in [1.29, 1.82) is 0 Å². The molecule has 2 rings (SSSR count). The monoisotopic (exact) mass is 268 g/mol. The molecular formula is C14H24N2O3. The average Bonchev–Trinajstić information content (AvgIpc) is 3.02. The summed E-state index contributed by atoms with van der Waals surface area (Å²) in [6.07, 6.45) is 3.48. The van der Waals surface area contributed by atoms with Gasteiger partial charge in [-0.2, -0.15) is 0 Å². The van der Waals surface area contributed by atoms with Crippen LogP contribution in [0.2, 0.25) is 0 Å². The van der Waals surface area contributed by atoms with Crippen LogP contribution in [0.1, 0.15) is 39.5 Å². The highest BCUT2D eigenvalue weighted by molar-refractivity contribution is 5.87. The van der Waals surface area contributed by atoms with Crippen LogP contribution in [0.5, 0.6) is 0 Å². The molecular weight excluding hydrogens is 244 g/mol. The van der Waals surface area contributed by atoms with Gasteiger partial charge < -0.3 is 15.7 Å². The summed E-state index contributed by atoms with van der Waals surface area (Å²) in [7, 11) is 0. The zero-order chi connectivity index (χ0) is 14.0. The second kappa shape index (κ2) is 5.49. The SMILES string of the molecule is CC(C)CC(NC(=O)C1CC12CCNCC2)C(=O)O. The quantitative estimate of drug-likeness (QED) is 0.695. The largest absolute Gasteiger partial charge is 0.480 e. The Bertz CT molecular complexity index is 362. The normalized spacial score (nSPS) is 26.2. The number of carboxylic acid groups (broad SMARTS) is 1. The number of nitrogens with one attached hydrogen (secondary N) is 2. The van der Waals surface area contributed by atoms with Crippen molar-refractivity contribution in [1.82, 2.24) is 10.6 Å². The maximum atomic E-state index is 12.2. The highest BCUT2D eigenvalue weighted by Gasteiger charge is 2.57. The summed E-state index contributed by atoms with van der Waals surface area (Å²) in [6, 6.07) is -0.744. The van der Waals surface area contributed by atoms with Crippen LogP contribution in [0.25, 0.3) is 0 Å². The Morgan fingerprint density at radius 3 is 2.53 bits per heavy atom. The number of hydrogen-bond donors (Lipinski definition) is 3. The number of piperidine rings is 1. The number of carbonyl (C=O) groups excluding carboxylic acids is 1. The van der Waals surface area contributed by atoms with E-state index in [2.05, 4.69) is 10.6 Å². The lowest BCUT2D eigenvalue weighted by atomic mass is 9.91. The Kier molecular flexibility index (Phi) is 4.13. The third kappa shape index (κ3) is 3.26. The van der Waals surface area contributed by atoms with Gasteiger partial charge in [-0.15, -0.1) is 0 Å². The molecule has 1 saturated carbocycles. The Morgan fingerprint density at radius 1 is 1.37 bits per heavy atom. The highest BCUT2D eigenvalue weighted by Crippen LogP contribution is 2.58. The zero-order valence-corrected chi connectivity index (χ0v) is 11.7. The average molecular weight is 268 g/mol. The molecule has 2 aliphatic rings. The van der Waals surface area contributed by atoms with Crippen LogP contribution in [-0.4, -0.2) is 36.1 Å².